The summed E-state index contributed by atoms with van der Waals surface area (Å²) in [5, 5.41) is 3.13. The number of thiocarbonyl (C=S) groups is 1. The van der Waals surface area contributed by atoms with Crippen molar-refractivity contribution in [1.82, 2.24) is 5.32 Å². The Morgan fingerprint density at radius 2 is 1.52 bits per heavy atom. The molecule has 0 saturated carbocycles. The molecule has 3 aromatic carbocycles. The number of carbonyl (C=O) groups excluding carboxylic acids is 2. The molecule has 0 radical (unpaired) electrons. The van der Waals surface area contributed by atoms with Crippen LogP contribution in [-0.2, 0) is 9.59 Å². The number of hydrogen-bond donors (Lipinski definition) is 1. The molecule has 33 heavy (non-hydrogen) atoms. The molecule has 0 atom stereocenters. The van der Waals surface area contributed by atoms with Crippen LogP contribution < -0.4 is 19.7 Å². The third-order valence-corrected chi connectivity index (χ3v) is 5.66. The Hall–Kier alpha value is -3.68. The van der Waals surface area contributed by atoms with Gasteiger partial charge in [-0.15, -0.1) is 0 Å². The van der Waals surface area contributed by atoms with Gasteiger partial charge in [0.15, 0.2) is 16.6 Å². The van der Waals surface area contributed by atoms with Gasteiger partial charge in [-0.2, -0.15) is 0 Å². The highest BCUT2D eigenvalue weighted by molar-refractivity contribution is 7.80. The first-order valence-corrected chi connectivity index (χ1v) is 10.7. The number of nitrogens with one attached hydrogen (secondary N) is 1. The fraction of sp³-hybridized carbons (Fsp3) is 0.0800. The normalized spacial score (nSPS) is 14.9. The molecule has 6 nitrogen and oxygen atoms in total. The lowest BCUT2D eigenvalue weighted by molar-refractivity contribution is -0.122. The topological polar surface area (TPSA) is 67.9 Å². The Kier molecular flexibility index (Phi) is 6.44. The van der Waals surface area contributed by atoms with Crippen LogP contribution in [0.3, 0.4) is 0 Å². The summed E-state index contributed by atoms with van der Waals surface area (Å²) in [4.78, 5) is 26.9. The van der Waals surface area contributed by atoms with Gasteiger partial charge in [0.25, 0.3) is 11.8 Å². The Bertz CT molecular complexity index is 1270. The van der Waals surface area contributed by atoms with E-state index < -0.39 is 11.8 Å². The zero-order chi connectivity index (χ0) is 23.5. The molecule has 0 bridgehead atoms. The molecule has 1 aliphatic heterocycles. The van der Waals surface area contributed by atoms with Crippen molar-refractivity contribution in [2.75, 3.05) is 19.1 Å². The summed E-state index contributed by atoms with van der Waals surface area (Å²) in [5.74, 6) is 0.228. The summed E-state index contributed by atoms with van der Waals surface area (Å²) in [6.07, 6.45) is 1.54. The minimum absolute atomic E-state index is 0.0163. The van der Waals surface area contributed by atoms with E-state index in [4.69, 9.17) is 33.3 Å². The summed E-state index contributed by atoms with van der Waals surface area (Å²) in [6, 6.07) is 19.8. The molecule has 4 rings (SSSR count). The fourth-order valence-electron chi connectivity index (χ4n) is 3.44. The number of rotatable bonds is 5. The van der Waals surface area contributed by atoms with Gasteiger partial charge in [-0.3, -0.25) is 19.8 Å². The first kappa shape index (κ1) is 22.5. The van der Waals surface area contributed by atoms with E-state index in [0.29, 0.717) is 27.8 Å². The number of benzene rings is 3. The third kappa shape index (κ3) is 4.60. The molecule has 166 valence electrons. The molecule has 1 N–H and O–H groups in total. The van der Waals surface area contributed by atoms with Crippen LogP contribution in [0.4, 0.5) is 5.69 Å². The Balaban J connectivity index is 1.62. The lowest BCUT2D eigenvalue weighted by atomic mass is 10.0. The van der Waals surface area contributed by atoms with Crippen LogP contribution in [0.2, 0.25) is 5.02 Å². The number of nitrogens with zero attached hydrogens (tertiary/aromatic N) is 1. The van der Waals surface area contributed by atoms with Gasteiger partial charge in [-0.25, -0.2) is 0 Å². The number of halogens is 1. The Morgan fingerprint density at radius 1 is 0.879 bits per heavy atom. The van der Waals surface area contributed by atoms with E-state index in [0.717, 1.165) is 11.1 Å². The van der Waals surface area contributed by atoms with E-state index >= 15 is 0 Å². The minimum atomic E-state index is -0.542. The standard InChI is InChI=1S/C25H19ClN2O4S/c1-31-21-12-7-17(14-22(21)32-2)16-5-3-15(4-6-16)13-20-23(29)27-25(33)28(24(20)30)19-10-8-18(26)9-11-19/h3-14H,1-2H3,(H,27,29,33). The van der Waals surface area contributed by atoms with E-state index in [1.807, 2.05) is 42.5 Å². The second-order valence-corrected chi connectivity index (χ2v) is 7.95. The first-order chi connectivity index (χ1) is 15.9. The molecule has 0 unspecified atom stereocenters. The summed E-state index contributed by atoms with van der Waals surface area (Å²) in [6.45, 7) is 0. The first-order valence-electron chi connectivity index (χ1n) is 9.91. The predicted octanol–water partition coefficient (Wildman–Crippen LogP) is 4.86. The van der Waals surface area contributed by atoms with E-state index in [1.165, 1.54) is 4.90 Å². The van der Waals surface area contributed by atoms with Gasteiger partial charge in [0.05, 0.1) is 19.9 Å². The molecular weight excluding hydrogens is 460 g/mol. The molecule has 8 heteroatoms. The largest absolute Gasteiger partial charge is 0.493 e. The fourth-order valence-corrected chi connectivity index (χ4v) is 3.84. The molecule has 2 amide bonds. The van der Waals surface area contributed by atoms with Crippen LogP contribution >= 0.6 is 23.8 Å². The molecule has 1 saturated heterocycles. The maximum absolute atomic E-state index is 13.1. The number of methoxy groups -OCH3 is 2. The van der Waals surface area contributed by atoms with Gasteiger partial charge in [-0.05, 0) is 71.4 Å². The second kappa shape index (κ2) is 9.44. The molecule has 1 aliphatic rings. The van der Waals surface area contributed by atoms with Crippen molar-refractivity contribution in [2.45, 2.75) is 0 Å². The summed E-state index contributed by atoms with van der Waals surface area (Å²) in [5.41, 5.74) is 3.09. The van der Waals surface area contributed by atoms with Gasteiger partial charge in [-0.1, -0.05) is 41.9 Å². The van der Waals surface area contributed by atoms with Crippen molar-refractivity contribution in [3.8, 4) is 22.6 Å². The number of amides is 2. The van der Waals surface area contributed by atoms with Crippen LogP contribution in [0.25, 0.3) is 17.2 Å². The van der Waals surface area contributed by atoms with Crippen molar-refractivity contribution in [2.24, 2.45) is 0 Å². The maximum atomic E-state index is 13.1. The van der Waals surface area contributed by atoms with E-state index in [1.54, 1.807) is 44.6 Å². The van der Waals surface area contributed by atoms with E-state index in [2.05, 4.69) is 5.32 Å². The molecule has 0 aliphatic carbocycles. The average Bonchev–Trinajstić information content (AvgIpc) is 2.82. The van der Waals surface area contributed by atoms with Gasteiger partial charge in [0.1, 0.15) is 5.57 Å². The highest BCUT2D eigenvalue weighted by Gasteiger charge is 2.34. The monoisotopic (exact) mass is 478 g/mol. The zero-order valence-corrected chi connectivity index (χ0v) is 19.4. The van der Waals surface area contributed by atoms with Crippen molar-refractivity contribution < 1.29 is 19.1 Å². The minimum Gasteiger partial charge on any atom is -0.493 e. The predicted molar refractivity (Wildman–Crippen MR) is 133 cm³/mol. The average molecular weight is 479 g/mol. The van der Waals surface area contributed by atoms with Crippen molar-refractivity contribution in [3.63, 3.8) is 0 Å². The SMILES string of the molecule is COc1ccc(-c2ccc(C=C3C(=O)NC(=S)N(c4ccc(Cl)cc4)C3=O)cc2)cc1OC. The lowest BCUT2D eigenvalue weighted by Gasteiger charge is -2.28. The van der Waals surface area contributed by atoms with Gasteiger partial charge < -0.3 is 9.47 Å². The van der Waals surface area contributed by atoms with E-state index in [9.17, 15) is 9.59 Å². The molecule has 0 spiro atoms. The molecule has 3 aromatic rings. The Labute approximate surface area is 201 Å². The van der Waals surface area contributed by atoms with E-state index in [-0.39, 0.29) is 10.7 Å². The Morgan fingerprint density at radius 3 is 2.15 bits per heavy atom. The summed E-state index contributed by atoms with van der Waals surface area (Å²) in [7, 11) is 3.17. The maximum Gasteiger partial charge on any atom is 0.270 e. The quantitative estimate of drug-likeness (QED) is 0.322. The van der Waals surface area contributed by atoms with Crippen LogP contribution in [0.1, 0.15) is 5.56 Å². The van der Waals surface area contributed by atoms with Crippen molar-refractivity contribution in [3.05, 3.63) is 82.9 Å². The zero-order valence-electron chi connectivity index (χ0n) is 17.8. The van der Waals surface area contributed by atoms with Crippen LogP contribution in [0, 0.1) is 0 Å². The number of hydrogen-bond acceptors (Lipinski definition) is 5. The highest BCUT2D eigenvalue weighted by atomic mass is 35.5. The van der Waals surface area contributed by atoms with Crippen molar-refractivity contribution >= 4 is 52.5 Å². The summed E-state index contributed by atoms with van der Waals surface area (Å²) < 4.78 is 10.7. The molecule has 1 fully saturated rings. The van der Waals surface area contributed by atoms with Gasteiger partial charge >= 0.3 is 0 Å². The van der Waals surface area contributed by atoms with Crippen molar-refractivity contribution in [1.29, 1.82) is 0 Å². The number of anilines is 1. The highest BCUT2D eigenvalue weighted by Crippen LogP contribution is 2.32. The van der Waals surface area contributed by atoms with Gasteiger partial charge in [0.2, 0.25) is 0 Å². The lowest BCUT2D eigenvalue weighted by Crippen LogP contribution is -2.54. The summed E-state index contributed by atoms with van der Waals surface area (Å²) >= 11 is 11.2. The van der Waals surface area contributed by atoms with Gasteiger partial charge in [0, 0.05) is 5.02 Å². The molecule has 0 aromatic heterocycles. The van der Waals surface area contributed by atoms with Crippen LogP contribution in [0.15, 0.2) is 72.3 Å². The van der Waals surface area contributed by atoms with Crippen LogP contribution in [0.5, 0.6) is 11.5 Å². The second-order valence-electron chi connectivity index (χ2n) is 7.13. The van der Waals surface area contributed by atoms with Crippen LogP contribution in [-0.4, -0.2) is 31.1 Å². The number of carbonyl (C=O) groups is 2. The third-order valence-electron chi connectivity index (χ3n) is 5.13. The molecular formula is C25H19ClN2O4S. The number of ether oxygens (including phenoxy) is 2. The smallest absolute Gasteiger partial charge is 0.270 e. The molecule has 1 heterocycles.